The highest BCUT2D eigenvalue weighted by atomic mass is 16.5. The van der Waals surface area contributed by atoms with Crippen molar-refractivity contribution in [3.05, 3.63) is 12.2 Å². The van der Waals surface area contributed by atoms with E-state index in [9.17, 15) is 5.11 Å². The number of allylic oxidation sites excluding steroid dienone is 1. The van der Waals surface area contributed by atoms with E-state index in [1.54, 1.807) is 0 Å². The first-order chi connectivity index (χ1) is 8.99. The summed E-state index contributed by atoms with van der Waals surface area (Å²) < 4.78 is 6.33. The Balaban J connectivity index is 2.64. The van der Waals surface area contributed by atoms with Crippen LogP contribution in [0.3, 0.4) is 0 Å². The van der Waals surface area contributed by atoms with Gasteiger partial charge in [0.05, 0.1) is 12.2 Å². The summed E-state index contributed by atoms with van der Waals surface area (Å²) in [5, 5.41) is 9.45. The Bertz CT molecular complexity index is 268. The molecule has 112 valence electrons. The predicted molar refractivity (Wildman–Crippen MR) is 81.1 cm³/mol. The highest BCUT2D eigenvalue weighted by Gasteiger charge is 2.34. The van der Waals surface area contributed by atoms with Gasteiger partial charge in [0, 0.05) is 18.4 Å². The molecule has 19 heavy (non-hydrogen) atoms. The molecule has 0 spiro atoms. The maximum Gasteiger partial charge on any atom is 0.0664 e. The lowest BCUT2D eigenvalue weighted by atomic mass is 9.83. The van der Waals surface area contributed by atoms with Crippen molar-refractivity contribution in [2.45, 2.75) is 66.1 Å². The molecule has 2 nitrogen and oxygen atoms in total. The highest BCUT2D eigenvalue weighted by molar-refractivity contribution is 4.95. The number of aliphatic hydroxyl groups excluding tert-OH is 1. The molecule has 1 aliphatic heterocycles. The number of hydrogen-bond donors (Lipinski definition) is 1. The molecule has 1 N–H and O–H groups in total. The fraction of sp³-hybridized carbons (Fsp3) is 0.882. The van der Waals surface area contributed by atoms with Crippen LogP contribution in [0.2, 0.25) is 0 Å². The predicted octanol–water partition coefficient (Wildman–Crippen LogP) is 4.04. The number of ether oxygens (including phenoxy) is 1. The summed E-state index contributed by atoms with van der Waals surface area (Å²) in [7, 11) is 0. The van der Waals surface area contributed by atoms with Crippen LogP contribution in [-0.2, 0) is 4.74 Å². The molecule has 1 heterocycles. The van der Waals surface area contributed by atoms with Crippen LogP contribution < -0.4 is 0 Å². The van der Waals surface area contributed by atoms with Crippen molar-refractivity contribution < 1.29 is 9.84 Å². The normalized spacial score (nSPS) is 31.8. The lowest BCUT2D eigenvalue weighted by molar-refractivity contribution is -0.123. The first-order valence-corrected chi connectivity index (χ1v) is 7.94. The Morgan fingerprint density at radius 1 is 1.21 bits per heavy atom. The van der Waals surface area contributed by atoms with Crippen LogP contribution >= 0.6 is 0 Å². The van der Waals surface area contributed by atoms with Gasteiger partial charge in [0.25, 0.3) is 0 Å². The van der Waals surface area contributed by atoms with E-state index < -0.39 is 0 Å². The smallest absolute Gasteiger partial charge is 0.0664 e. The van der Waals surface area contributed by atoms with Gasteiger partial charge in [-0.2, -0.15) is 0 Å². The van der Waals surface area contributed by atoms with Crippen LogP contribution in [0.5, 0.6) is 0 Å². The molecule has 0 aromatic carbocycles. The maximum atomic E-state index is 9.45. The number of hydrogen-bond acceptors (Lipinski definition) is 2. The van der Waals surface area contributed by atoms with Crippen LogP contribution in [0.25, 0.3) is 0 Å². The zero-order valence-corrected chi connectivity index (χ0v) is 13.3. The molecule has 1 aliphatic rings. The second-order valence-electron chi connectivity index (χ2n) is 6.53. The van der Waals surface area contributed by atoms with Crippen LogP contribution in [0, 0.1) is 23.7 Å². The zero-order chi connectivity index (χ0) is 14.4. The maximum absolute atomic E-state index is 9.45. The minimum absolute atomic E-state index is 0.242. The minimum atomic E-state index is 0.242. The van der Waals surface area contributed by atoms with Crippen molar-refractivity contribution in [2.75, 3.05) is 6.61 Å². The Kier molecular flexibility index (Phi) is 7.09. The fourth-order valence-electron chi connectivity index (χ4n) is 3.00. The molecular formula is C17H32O2. The van der Waals surface area contributed by atoms with Gasteiger partial charge in [-0.1, -0.05) is 46.8 Å². The van der Waals surface area contributed by atoms with E-state index in [-0.39, 0.29) is 12.7 Å². The van der Waals surface area contributed by atoms with Crippen molar-refractivity contribution in [1.29, 1.82) is 0 Å². The van der Waals surface area contributed by atoms with E-state index in [1.807, 2.05) is 0 Å². The SMILES string of the molecule is CC[C@H](CO)[C@H]1CC[C@H](C)[C@H]([C@H](C)/C=C/C(C)C)O1. The summed E-state index contributed by atoms with van der Waals surface area (Å²) in [5.41, 5.74) is 0. The summed E-state index contributed by atoms with van der Waals surface area (Å²) in [6.45, 7) is 11.3. The molecule has 0 amide bonds. The molecule has 0 aromatic heterocycles. The molecule has 0 bridgehead atoms. The summed E-state index contributed by atoms with van der Waals surface area (Å²) in [5.74, 6) is 1.96. The van der Waals surface area contributed by atoms with E-state index >= 15 is 0 Å². The highest BCUT2D eigenvalue weighted by Crippen LogP contribution is 2.33. The molecule has 5 atom stereocenters. The van der Waals surface area contributed by atoms with Crippen molar-refractivity contribution in [3.63, 3.8) is 0 Å². The first kappa shape index (κ1) is 16.7. The van der Waals surface area contributed by atoms with Gasteiger partial charge in [-0.05, 0) is 31.1 Å². The molecule has 0 aliphatic carbocycles. The van der Waals surface area contributed by atoms with Gasteiger partial charge in [-0.15, -0.1) is 0 Å². The lowest BCUT2D eigenvalue weighted by Crippen LogP contribution is -2.41. The van der Waals surface area contributed by atoms with E-state index in [0.29, 0.717) is 29.8 Å². The molecular weight excluding hydrogens is 236 g/mol. The summed E-state index contributed by atoms with van der Waals surface area (Å²) in [6.07, 6.45) is 8.42. The minimum Gasteiger partial charge on any atom is -0.396 e. The molecule has 1 rings (SSSR count). The van der Waals surface area contributed by atoms with Crippen molar-refractivity contribution in [2.24, 2.45) is 23.7 Å². The van der Waals surface area contributed by atoms with Gasteiger partial charge in [0.2, 0.25) is 0 Å². The van der Waals surface area contributed by atoms with Crippen molar-refractivity contribution >= 4 is 0 Å². The van der Waals surface area contributed by atoms with E-state index in [1.165, 1.54) is 6.42 Å². The van der Waals surface area contributed by atoms with E-state index in [2.05, 4.69) is 46.8 Å². The summed E-state index contributed by atoms with van der Waals surface area (Å²) in [6, 6.07) is 0. The van der Waals surface area contributed by atoms with Gasteiger partial charge in [-0.25, -0.2) is 0 Å². The standard InChI is InChI=1S/C17H32O2/c1-6-15(11-18)16-10-9-14(5)17(19-16)13(4)8-7-12(2)3/h7-8,12-18H,6,9-11H2,1-5H3/b8-7+/t13-,14+,15-,16-,17+/m1/s1. The Labute approximate surface area is 119 Å². The van der Waals surface area contributed by atoms with Crippen LogP contribution in [-0.4, -0.2) is 23.9 Å². The topological polar surface area (TPSA) is 29.5 Å². The molecule has 0 saturated carbocycles. The van der Waals surface area contributed by atoms with Gasteiger partial charge < -0.3 is 9.84 Å². The molecule has 0 unspecified atom stereocenters. The number of aliphatic hydroxyl groups is 1. The summed E-state index contributed by atoms with van der Waals surface area (Å²) >= 11 is 0. The van der Waals surface area contributed by atoms with E-state index in [4.69, 9.17) is 4.74 Å². The second kappa shape index (κ2) is 8.06. The fourth-order valence-corrected chi connectivity index (χ4v) is 3.00. The van der Waals surface area contributed by atoms with Crippen LogP contribution in [0.4, 0.5) is 0 Å². The Morgan fingerprint density at radius 2 is 1.89 bits per heavy atom. The quantitative estimate of drug-likeness (QED) is 0.737. The third kappa shape index (κ3) is 4.92. The van der Waals surface area contributed by atoms with Crippen LogP contribution in [0.1, 0.15) is 53.9 Å². The molecule has 1 saturated heterocycles. The lowest BCUT2D eigenvalue weighted by Gasteiger charge is -2.40. The number of rotatable bonds is 6. The molecule has 2 heteroatoms. The Morgan fingerprint density at radius 3 is 2.42 bits per heavy atom. The summed E-state index contributed by atoms with van der Waals surface area (Å²) in [4.78, 5) is 0. The molecule has 0 radical (unpaired) electrons. The Hall–Kier alpha value is -0.340. The van der Waals surface area contributed by atoms with Gasteiger partial charge in [-0.3, -0.25) is 0 Å². The largest absolute Gasteiger partial charge is 0.396 e. The third-order valence-corrected chi connectivity index (χ3v) is 4.40. The van der Waals surface area contributed by atoms with Crippen LogP contribution in [0.15, 0.2) is 12.2 Å². The van der Waals surface area contributed by atoms with Gasteiger partial charge >= 0.3 is 0 Å². The zero-order valence-electron chi connectivity index (χ0n) is 13.3. The third-order valence-electron chi connectivity index (χ3n) is 4.40. The van der Waals surface area contributed by atoms with Crippen molar-refractivity contribution in [3.8, 4) is 0 Å². The van der Waals surface area contributed by atoms with E-state index in [0.717, 1.165) is 12.8 Å². The molecule has 0 aromatic rings. The van der Waals surface area contributed by atoms with Crippen molar-refractivity contribution in [1.82, 2.24) is 0 Å². The first-order valence-electron chi connectivity index (χ1n) is 7.94. The monoisotopic (exact) mass is 268 g/mol. The average Bonchev–Trinajstić information content (AvgIpc) is 2.39. The second-order valence-corrected chi connectivity index (χ2v) is 6.53. The molecule has 1 fully saturated rings. The average molecular weight is 268 g/mol. The van der Waals surface area contributed by atoms with Gasteiger partial charge in [0.1, 0.15) is 0 Å². The van der Waals surface area contributed by atoms with Gasteiger partial charge in [0.15, 0.2) is 0 Å².